The summed E-state index contributed by atoms with van der Waals surface area (Å²) in [4.78, 5) is 0. The molecule has 0 fully saturated rings. The standard InChI is InChI=1S/C12H21NO3/c1-10-8-12(11(2)16-10)9-13-4-3-6-15-7-5-14/h8,13-14H,3-7,9H2,1-2H3. The van der Waals surface area contributed by atoms with E-state index in [0.717, 1.165) is 31.0 Å². The molecule has 4 heteroatoms. The first kappa shape index (κ1) is 13.2. The van der Waals surface area contributed by atoms with E-state index in [4.69, 9.17) is 14.3 Å². The van der Waals surface area contributed by atoms with E-state index in [1.165, 1.54) is 5.56 Å². The monoisotopic (exact) mass is 227 g/mol. The largest absolute Gasteiger partial charge is 0.466 e. The van der Waals surface area contributed by atoms with Crippen molar-refractivity contribution in [2.45, 2.75) is 26.8 Å². The molecule has 1 aromatic heterocycles. The summed E-state index contributed by atoms with van der Waals surface area (Å²) in [6, 6.07) is 2.06. The Morgan fingerprint density at radius 1 is 1.38 bits per heavy atom. The Morgan fingerprint density at radius 2 is 2.19 bits per heavy atom. The summed E-state index contributed by atoms with van der Waals surface area (Å²) in [5, 5.41) is 11.8. The molecule has 4 nitrogen and oxygen atoms in total. The zero-order valence-electron chi connectivity index (χ0n) is 10.1. The second-order valence-corrected chi connectivity index (χ2v) is 3.80. The first-order valence-corrected chi connectivity index (χ1v) is 5.69. The van der Waals surface area contributed by atoms with Crippen LogP contribution in [0.3, 0.4) is 0 Å². The van der Waals surface area contributed by atoms with Gasteiger partial charge in [0.25, 0.3) is 0 Å². The highest BCUT2D eigenvalue weighted by Gasteiger charge is 2.02. The minimum absolute atomic E-state index is 0.0981. The zero-order chi connectivity index (χ0) is 11.8. The number of ether oxygens (including phenoxy) is 1. The predicted molar refractivity (Wildman–Crippen MR) is 62.4 cm³/mol. The van der Waals surface area contributed by atoms with Gasteiger partial charge in [-0.25, -0.2) is 0 Å². The van der Waals surface area contributed by atoms with Crippen molar-refractivity contribution in [1.29, 1.82) is 0 Å². The number of hydrogen-bond donors (Lipinski definition) is 2. The maximum absolute atomic E-state index is 8.50. The fourth-order valence-corrected chi connectivity index (χ4v) is 1.55. The van der Waals surface area contributed by atoms with Crippen molar-refractivity contribution in [3.05, 3.63) is 23.2 Å². The molecule has 16 heavy (non-hydrogen) atoms. The second-order valence-electron chi connectivity index (χ2n) is 3.80. The van der Waals surface area contributed by atoms with Gasteiger partial charge < -0.3 is 19.6 Å². The van der Waals surface area contributed by atoms with Crippen LogP contribution in [0.4, 0.5) is 0 Å². The molecule has 0 radical (unpaired) electrons. The normalized spacial score (nSPS) is 10.9. The number of aryl methyl sites for hydroxylation is 2. The lowest BCUT2D eigenvalue weighted by molar-refractivity contribution is 0.0907. The summed E-state index contributed by atoms with van der Waals surface area (Å²) >= 11 is 0. The average Bonchev–Trinajstić information content (AvgIpc) is 2.56. The first-order valence-electron chi connectivity index (χ1n) is 5.69. The van der Waals surface area contributed by atoms with Crippen molar-refractivity contribution in [2.24, 2.45) is 0 Å². The third-order valence-corrected chi connectivity index (χ3v) is 2.34. The van der Waals surface area contributed by atoms with Crippen LogP contribution >= 0.6 is 0 Å². The number of aliphatic hydroxyl groups is 1. The van der Waals surface area contributed by atoms with Gasteiger partial charge in [-0.1, -0.05) is 0 Å². The Balaban J connectivity index is 2.05. The summed E-state index contributed by atoms with van der Waals surface area (Å²) in [6.07, 6.45) is 0.954. The van der Waals surface area contributed by atoms with Gasteiger partial charge in [-0.05, 0) is 32.9 Å². The van der Waals surface area contributed by atoms with Gasteiger partial charge in [0.2, 0.25) is 0 Å². The zero-order valence-corrected chi connectivity index (χ0v) is 10.1. The van der Waals surface area contributed by atoms with E-state index in [1.807, 2.05) is 13.8 Å². The minimum Gasteiger partial charge on any atom is -0.466 e. The van der Waals surface area contributed by atoms with E-state index in [2.05, 4.69) is 11.4 Å². The first-order chi connectivity index (χ1) is 7.74. The average molecular weight is 227 g/mol. The second kappa shape index (κ2) is 7.44. The number of hydrogen-bond acceptors (Lipinski definition) is 4. The third kappa shape index (κ3) is 4.79. The molecular formula is C12H21NO3. The molecule has 0 spiro atoms. The van der Waals surface area contributed by atoms with E-state index < -0.39 is 0 Å². The van der Waals surface area contributed by atoms with Gasteiger partial charge in [0, 0.05) is 18.7 Å². The van der Waals surface area contributed by atoms with Crippen LogP contribution < -0.4 is 5.32 Å². The van der Waals surface area contributed by atoms with E-state index in [-0.39, 0.29) is 6.61 Å². The van der Waals surface area contributed by atoms with Crippen molar-refractivity contribution in [3.8, 4) is 0 Å². The summed E-state index contributed by atoms with van der Waals surface area (Å²) in [5.74, 6) is 1.95. The maximum atomic E-state index is 8.50. The van der Waals surface area contributed by atoms with Crippen molar-refractivity contribution < 1.29 is 14.3 Å². The third-order valence-electron chi connectivity index (χ3n) is 2.34. The molecule has 2 N–H and O–H groups in total. The lowest BCUT2D eigenvalue weighted by Gasteiger charge is -2.04. The molecule has 0 saturated carbocycles. The molecule has 0 saturated heterocycles. The number of rotatable bonds is 8. The molecule has 1 rings (SSSR count). The predicted octanol–water partition coefficient (Wildman–Crippen LogP) is 1.39. The SMILES string of the molecule is Cc1cc(CNCCCOCCO)c(C)o1. The van der Waals surface area contributed by atoms with Gasteiger partial charge in [0.1, 0.15) is 11.5 Å². The van der Waals surface area contributed by atoms with Crippen LogP contribution in [0.25, 0.3) is 0 Å². The fraction of sp³-hybridized carbons (Fsp3) is 0.667. The Bertz CT molecular complexity index is 296. The van der Waals surface area contributed by atoms with Crippen LogP contribution in [0.1, 0.15) is 23.5 Å². The molecule has 0 bridgehead atoms. The van der Waals surface area contributed by atoms with Gasteiger partial charge in [-0.2, -0.15) is 0 Å². The summed E-state index contributed by atoms with van der Waals surface area (Å²) in [6.45, 7) is 6.91. The molecule has 0 amide bonds. The summed E-state index contributed by atoms with van der Waals surface area (Å²) in [7, 11) is 0. The number of aliphatic hydroxyl groups excluding tert-OH is 1. The van der Waals surface area contributed by atoms with E-state index in [1.54, 1.807) is 0 Å². The molecule has 0 unspecified atom stereocenters. The van der Waals surface area contributed by atoms with Crippen molar-refractivity contribution in [3.63, 3.8) is 0 Å². The molecule has 0 aliphatic rings. The van der Waals surface area contributed by atoms with Crippen LogP contribution in [0, 0.1) is 13.8 Å². The lowest BCUT2D eigenvalue weighted by Crippen LogP contribution is -2.16. The van der Waals surface area contributed by atoms with Gasteiger partial charge in [-0.15, -0.1) is 0 Å². The molecule has 0 atom stereocenters. The van der Waals surface area contributed by atoms with Crippen LogP contribution in [0.5, 0.6) is 0 Å². The molecule has 1 heterocycles. The van der Waals surface area contributed by atoms with Gasteiger partial charge in [-0.3, -0.25) is 0 Å². The Labute approximate surface area is 96.6 Å². The van der Waals surface area contributed by atoms with Crippen LogP contribution in [0.15, 0.2) is 10.5 Å². The molecule has 1 aromatic rings. The maximum Gasteiger partial charge on any atom is 0.105 e. The Morgan fingerprint density at radius 3 is 2.81 bits per heavy atom. The Hall–Kier alpha value is -0.840. The van der Waals surface area contributed by atoms with Gasteiger partial charge >= 0.3 is 0 Å². The van der Waals surface area contributed by atoms with E-state index in [9.17, 15) is 0 Å². The van der Waals surface area contributed by atoms with Gasteiger partial charge in [0.05, 0.1) is 13.2 Å². The molecule has 0 aliphatic carbocycles. The van der Waals surface area contributed by atoms with Crippen molar-refractivity contribution in [2.75, 3.05) is 26.4 Å². The molecular weight excluding hydrogens is 206 g/mol. The van der Waals surface area contributed by atoms with E-state index in [0.29, 0.717) is 13.2 Å². The summed E-state index contributed by atoms with van der Waals surface area (Å²) < 4.78 is 10.6. The van der Waals surface area contributed by atoms with Crippen molar-refractivity contribution >= 4 is 0 Å². The van der Waals surface area contributed by atoms with Crippen molar-refractivity contribution in [1.82, 2.24) is 5.32 Å². The van der Waals surface area contributed by atoms with Crippen LogP contribution in [-0.2, 0) is 11.3 Å². The number of nitrogens with one attached hydrogen (secondary N) is 1. The highest BCUT2D eigenvalue weighted by atomic mass is 16.5. The quantitative estimate of drug-likeness (QED) is 0.659. The van der Waals surface area contributed by atoms with Crippen LogP contribution in [-0.4, -0.2) is 31.5 Å². The minimum atomic E-state index is 0.0981. The topological polar surface area (TPSA) is 54.6 Å². The highest BCUT2D eigenvalue weighted by molar-refractivity contribution is 5.19. The Kier molecular flexibility index (Phi) is 6.15. The fourth-order valence-electron chi connectivity index (χ4n) is 1.55. The van der Waals surface area contributed by atoms with Gasteiger partial charge in [0.15, 0.2) is 0 Å². The van der Waals surface area contributed by atoms with Crippen LogP contribution in [0.2, 0.25) is 0 Å². The summed E-state index contributed by atoms with van der Waals surface area (Å²) in [5.41, 5.74) is 1.22. The molecule has 92 valence electrons. The lowest BCUT2D eigenvalue weighted by atomic mass is 10.2. The smallest absolute Gasteiger partial charge is 0.105 e. The highest BCUT2D eigenvalue weighted by Crippen LogP contribution is 2.12. The number of furan rings is 1. The molecule has 0 aromatic carbocycles. The van der Waals surface area contributed by atoms with E-state index >= 15 is 0 Å². The molecule has 0 aliphatic heterocycles.